The van der Waals surface area contributed by atoms with E-state index in [0.717, 1.165) is 54.2 Å². The number of carbonyl (C=O) groups excluding carboxylic acids is 1. The number of methoxy groups -OCH3 is 1. The van der Waals surface area contributed by atoms with Crippen LogP contribution in [0, 0.1) is 12.8 Å². The van der Waals surface area contributed by atoms with E-state index >= 15 is 0 Å². The molecule has 0 spiro atoms. The fourth-order valence-corrected chi connectivity index (χ4v) is 5.63. The Kier molecular flexibility index (Phi) is 5.34. The van der Waals surface area contributed by atoms with Gasteiger partial charge in [-0.3, -0.25) is 14.5 Å². The number of fused-ring (bicyclic) bond motifs is 4. The van der Waals surface area contributed by atoms with Crippen molar-refractivity contribution in [3.8, 4) is 5.75 Å². The van der Waals surface area contributed by atoms with Gasteiger partial charge in [0.2, 0.25) is 0 Å². The molecule has 0 aliphatic carbocycles. The number of carbonyl (C=O) groups is 1. The molecule has 1 aromatic carbocycles. The fraction of sp³-hybridized carbons (Fsp3) is 0.520. The van der Waals surface area contributed by atoms with E-state index in [1.807, 2.05) is 40.7 Å². The minimum absolute atomic E-state index is 0.0799. The average molecular weight is 422 g/mol. The van der Waals surface area contributed by atoms with Crippen LogP contribution in [0.25, 0.3) is 0 Å². The first-order chi connectivity index (χ1) is 15.0. The monoisotopic (exact) mass is 421 g/mol. The summed E-state index contributed by atoms with van der Waals surface area (Å²) in [6.45, 7) is 6.99. The normalized spacial score (nSPS) is 23.0. The minimum atomic E-state index is 0.0799. The van der Waals surface area contributed by atoms with E-state index in [9.17, 15) is 9.59 Å². The number of benzene rings is 1. The molecule has 6 heteroatoms. The van der Waals surface area contributed by atoms with Gasteiger partial charge < -0.3 is 14.2 Å². The lowest BCUT2D eigenvalue weighted by molar-refractivity contribution is 0.0593. The second-order valence-electron chi connectivity index (χ2n) is 9.37. The zero-order valence-corrected chi connectivity index (χ0v) is 18.5. The van der Waals surface area contributed by atoms with Crippen molar-refractivity contribution < 1.29 is 9.53 Å². The van der Waals surface area contributed by atoms with Crippen molar-refractivity contribution in [3.63, 3.8) is 0 Å². The summed E-state index contributed by atoms with van der Waals surface area (Å²) < 4.78 is 7.28. The van der Waals surface area contributed by atoms with Crippen molar-refractivity contribution >= 4 is 5.91 Å². The predicted molar refractivity (Wildman–Crippen MR) is 120 cm³/mol. The topological polar surface area (TPSA) is 54.8 Å². The largest absolute Gasteiger partial charge is 0.497 e. The number of hydrogen-bond donors (Lipinski definition) is 0. The molecule has 3 aliphatic rings. The lowest BCUT2D eigenvalue weighted by Gasteiger charge is -2.43. The smallest absolute Gasteiger partial charge is 0.255 e. The van der Waals surface area contributed by atoms with Gasteiger partial charge in [-0.2, -0.15) is 0 Å². The van der Waals surface area contributed by atoms with Gasteiger partial charge in [0.1, 0.15) is 5.75 Å². The minimum Gasteiger partial charge on any atom is -0.497 e. The Morgan fingerprint density at radius 1 is 1.10 bits per heavy atom. The Morgan fingerprint density at radius 2 is 1.90 bits per heavy atom. The number of likely N-dealkylation sites (tertiary alicyclic amines) is 2. The maximum Gasteiger partial charge on any atom is 0.255 e. The van der Waals surface area contributed by atoms with Gasteiger partial charge in [-0.25, -0.2) is 0 Å². The van der Waals surface area contributed by atoms with Crippen molar-refractivity contribution in [2.75, 3.05) is 33.3 Å². The summed E-state index contributed by atoms with van der Waals surface area (Å²) in [6, 6.07) is 9.79. The highest BCUT2D eigenvalue weighted by atomic mass is 16.5. The molecule has 1 aromatic heterocycles. The molecule has 4 heterocycles. The number of ether oxygens (including phenoxy) is 1. The first-order valence-corrected chi connectivity index (χ1v) is 11.4. The molecule has 31 heavy (non-hydrogen) atoms. The van der Waals surface area contributed by atoms with Gasteiger partial charge in [-0.15, -0.1) is 0 Å². The highest BCUT2D eigenvalue weighted by Crippen LogP contribution is 2.36. The summed E-state index contributed by atoms with van der Waals surface area (Å²) in [5.74, 6) is 1.40. The zero-order valence-electron chi connectivity index (χ0n) is 18.5. The highest BCUT2D eigenvalue weighted by Gasteiger charge is 2.37. The number of aromatic nitrogens is 1. The molecule has 1 amide bonds. The summed E-state index contributed by atoms with van der Waals surface area (Å²) in [5.41, 5.74) is 3.84. The number of piperidine rings is 1. The third-order valence-corrected chi connectivity index (χ3v) is 7.23. The zero-order chi connectivity index (χ0) is 21.5. The SMILES string of the molecule is COc1ccc(C(=O)N2C[C@@H]3C[C@H](C2)c2ccc(CN4CCCC4)c(=O)n2C3)c(C)c1. The molecule has 0 N–H and O–H groups in total. The molecular formula is C25H31N3O3. The van der Waals surface area contributed by atoms with Gasteiger partial charge in [0.25, 0.3) is 11.5 Å². The maximum absolute atomic E-state index is 13.3. The number of amides is 1. The van der Waals surface area contributed by atoms with E-state index in [1.54, 1.807) is 7.11 Å². The van der Waals surface area contributed by atoms with E-state index in [0.29, 0.717) is 25.6 Å². The van der Waals surface area contributed by atoms with Crippen LogP contribution in [0.4, 0.5) is 0 Å². The second kappa shape index (κ2) is 8.15. The van der Waals surface area contributed by atoms with Gasteiger partial charge in [0.05, 0.1) is 7.11 Å². The van der Waals surface area contributed by atoms with E-state index < -0.39 is 0 Å². The Balaban J connectivity index is 1.37. The first kappa shape index (κ1) is 20.3. The van der Waals surface area contributed by atoms with Crippen LogP contribution in [0.5, 0.6) is 5.75 Å². The van der Waals surface area contributed by atoms with Crippen molar-refractivity contribution in [3.05, 3.63) is 63.1 Å². The van der Waals surface area contributed by atoms with Crippen LogP contribution in [0.15, 0.2) is 35.1 Å². The van der Waals surface area contributed by atoms with Crippen molar-refractivity contribution in [2.45, 2.75) is 45.2 Å². The van der Waals surface area contributed by atoms with Gasteiger partial charge >= 0.3 is 0 Å². The molecule has 0 radical (unpaired) electrons. The van der Waals surface area contributed by atoms with Crippen LogP contribution >= 0.6 is 0 Å². The molecule has 6 nitrogen and oxygen atoms in total. The van der Waals surface area contributed by atoms with Crippen LogP contribution in [0.2, 0.25) is 0 Å². The van der Waals surface area contributed by atoms with Crippen LogP contribution in [0.3, 0.4) is 0 Å². The standard InChI is InChI=1S/C25H31N3O3/c1-17-11-21(31-2)6-7-22(17)25(30)27-13-18-12-20(16-27)23-8-5-19(24(29)28(23)14-18)15-26-9-3-4-10-26/h5-8,11,18,20H,3-4,9-10,12-16H2,1-2H3/t18-,20+/m0/s1. The van der Waals surface area contributed by atoms with Gasteiger partial charge in [-0.1, -0.05) is 6.07 Å². The summed E-state index contributed by atoms with van der Waals surface area (Å²) in [7, 11) is 1.64. The second-order valence-corrected chi connectivity index (χ2v) is 9.37. The van der Waals surface area contributed by atoms with E-state index in [1.165, 1.54) is 12.8 Å². The van der Waals surface area contributed by atoms with Crippen LogP contribution in [0.1, 0.15) is 52.4 Å². The molecule has 2 atom stereocenters. The average Bonchev–Trinajstić information content (AvgIpc) is 3.28. The Bertz CT molecular complexity index is 1050. The van der Waals surface area contributed by atoms with E-state index in [-0.39, 0.29) is 17.4 Å². The quantitative estimate of drug-likeness (QED) is 0.762. The predicted octanol–water partition coefficient (Wildman–Crippen LogP) is 3.02. The molecule has 164 valence electrons. The van der Waals surface area contributed by atoms with E-state index in [2.05, 4.69) is 11.0 Å². The molecule has 2 saturated heterocycles. The summed E-state index contributed by atoms with van der Waals surface area (Å²) in [6.07, 6.45) is 3.51. The Hall–Kier alpha value is -2.60. The van der Waals surface area contributed by atoms with Gasteiger partial charge in [-0.05, 0) is 75.0 Å². The lowest BCUT2D eigenvalue weighted by atomic mass is 9.82. The van der Waals surface area contributed by atoms with Crippen molar-refractivity contribution in [1.29, 1.82) is 0 Å². The third kappa shape index (κ3) is 3.78. The highest BCUT2D eigenvalue weighted by molar-refractivity contribution is 5.96. The van der Waals surface area contributed by atoms with Crippen LogP contribution in [-0.2, 0) is 13.1 Å². The fourth-order valence-electron chi connectivity index (χ4n) is 5.63. The number of pyridine rings is 1. The third-order valence-electron chi connectivity index (χ3n) is 7.23. The van der Waals surface area contributed by atoms with Crippen LogP contribution in [-0.4, -0.2) is 53.6 Å². The summed E-state index contributed by atoms with van der Waals surface area (Å²) >= 11 is 0. The number of hydrogen-bond acceptors (Lipinski definition) is 4. The number of rotatable bonds is 4. The Morgan fingerprint density at radius 3 is 2.65 bits per heavy atom. The summed E-state index contributed by atoms with van der Waals surface area (Å²) in [4.78, 5) is 30.9. The summed E-state index contributed by atoms with van der Waals surface area (Å²) in [5, 5.41) is 0. The first-order valence-electron chi connectivity index (χ1n) is 11.4. The molecule has 2 bridgehead atoms. The van der Waals surface area contributed by atoms with Crippen molar-refractivity contribution in [1.82, 2.24) is 14.4 Å². The maximum atomic E-state index is 13.3. The number of nitrogens with zero attached hydrogens (tertiary/aromatic N) is 3. The van der Waals surface area contributed by atoms with Crippen LogP contribution < -0.4 is 10.3 Å². The molecule has 2 aromatic rings. The van der Waals surface area contributed by atoms with Gasteiger partial charge in [0, 0.05) is 48.9 Å². The molecule has 2 fully saturated rings. The van der Waals surface area contributed by atoms with Crippen molar-refractivity contribution in [2.24, 2.45) is 5.92 Å². The lowest BCUT2D eigenvalue weighted by Crippen LogP contribution is -2.49. The molecule has 0 saturated carbocycles. The molecule has 3 aliphatic heterocycles. The van der Waals surface area contributed by atoms with Gasteiger partial charge in [0.15, 0.2) is 0 Å². The molecule has 0 unspecified atom stereocenters. The molecule has 5 rings (SSSR count). The number of aryl methyl sites for hydroxylation is 1. The Labute approximate surface area is 183 Å². The van der Waals surface area contributed by atoms with E-state index in [4.69, 9.17) is 4.74 Å². The molecular weight excluding hydrogens is 390 g/mol.